The van der Waals surface area contributed by atoms with Gasteiger partial charge in [-0.3, -0.25) is 9.88 Å². The molecule has 23 heavy (non-hydrogen) atoms. The summed E-state index contributed by atoms with van der Waals surface area (Å²) in [7, 11) is 0. The minimum atomic E-state index is 0.932. The third-order valence-electron chi connectivity index (χ3n) is 4.09. The van der Waals surface area contributed by atoms with Crippen LogP contribution in [0.1, 0.15) is 5.69 Å². The third-order valence-corrected chi connectivity index (χ3v) is 5.67. The summed E-state index contributed by atoms with van der Waals surface area (Å²) in [5.74, 6) is 0. The summed E-state index contributed by atoms with van der Waals surface area (Å²) < 4.78 is 2.35. The molecule has 2 aromatic heterocycles. The number of fused-ring (bicyclic) bond motifs is 1. The fourth-order valence-electron chi connectivity index (χ4n) is 2.84. The highest BCUT2D eigenvalue weighted by Gasteiger charge is 2.20. The van der Waals surface area contributed by atoms with Crippen molar-refractivity contribution in [3.05, 3.63) is 52.8 Å². The lowest BCUT2D eigenvalue weighted by molar-refractivity contribution is 0.247. The van der Waals surface area contributed by atoms with Gasteiger partial charge < -0.3 is 4.90 Å². The molecule has 0 bridgehead atoms. The Balaban J connectivity index is 1.42. The van der Waals surface area contributed by atoms with Gasteiger partial charge in [0, 0.05) is 43.4 Å². The summed E-state index contributed by atoms with van der Waals surface area (Å²) in [5, 5.41) is 1.13. The second-order valence-electron chi connectivity index (χ2n) is 5.69. The van der Waals surface area contributed by atoms with Crippen LogP contribution in [0, 0.1) is 0 Å². The van der Waals surface area contributed by atoms with Crippen molar-refractivity contribution in [1.82, 2.24) is 14.9 Å². The van der Waals surface area contributed by atoms with Crippen LogP contribution in [0.15, 0.2) is 47.1 Å². The minimum Gasteiger partial charge on any atom is -0.345 e. The first-order valence-electron chi connectivity index (χ1n) is 7.71. The molecule has 0 N–H and O–H groups in total. The van der Waals surface area contributed by atoms with Crippen LogP contribution in [0.3, 0.4) is 0 Å². The van der Waals surface area contributed by atoms with E-state index >= 15 is 0 Å². The molecule has 4 rings (SSSR count). The Labute approximate surface area is 147 Å². The number of hydrogen-bond acceptors (Lipinski definition) is 5. The van der Waals surface area contributed by atoms with E-state index in [-0.39, 0.29) is 0 Å². The number of thiazole rings is 1. The van der Waals surface area contributed by atoms with Gasteiger partial charge in [0.2, 0.25) is 0 Å². The number of nitrogens with zero attached hydrogens (tertiary/aromatic N) is 4. The van der Waals surface area contributed by atoms with E-state index in [4.69, 9.17) is 4.98 Å². The van der Waals surface area contributed by atoms with Crippen LogP contribution in [0.4, 0.5) is 5.13 Å². The number of aromatic nitrogens is 2. The van der Waals surface area contributed by atoms with E-state index in [1.54, 1.807) is 11.3 Å². The van der Waals surface area contributed by atoms with Gasteiger partial charge in [0.25, 0.3) is 0 Å². The fraction of sp³-hybridized carbons (Fsp3) is 0.294. The predicted octanol–water partition coefficient (Wildman–Crippen LogP) is 3.78. The zero-order chi connectivity index (χ0) is 15.6. The van der Waals surface area contributed by atoms with E-state index < -0.39 is 0 Å². The molecule has 3 heterocycles. The van der Waals surface area contributed by atoms with Crippen molar-refractivity contribution >= 4 is 42.6 Å². The number of pyridine rings is 1. The van der Waals surface area contributed by atoms with Gasteiger partial charge >= 0.3 is 0 Å². The van der Waals surface area contributed by atoms with Gasteiger partial charge in [-0.2, -0.15) is 0 Å². The van der Waals surface area contributed by atoms with Crippen LogP contribution in [0.5, 0.6) is 0 Å². The normalized spacial score (nSPS) is 16.1. The molecule has 1 aromatic carbocycles. The molecule has 0 amide bonds. The molecule has 3 aromatic rings. The summed E-state index contributed by atoms with van der Waals surface area (Å²) in [6, 6.07) is 12.4. The quantitative estimate of drug-likeness (QED) is 0.683. The monoisotopic (exact) mass is 388 g/mol. The maximum atomic E-state index is 4.78. The maximum Gasteiger partial charge on any atom is 0.186 e. The number of rotatable bonds is 3. The SMILES string of the molecule is Brc1ccc2nc(N3CCN(Cc4ccccn4)CC3)sc2c1. The number of piperazine rings is 1. The third kappa shape index (κ3) is 3.39. The summed E-state index contributed by atoms with van der Waals surface area (Å²) in [5.41, 5.74) is 2.23. The Morgan fingerprint density at radius 2 is 1.96 bits per heavy atom. The average Bonchev–Trinajstić information content (AvgIpc) is 2.99. The van der Waals surface area contributed by atoms with Gasteiger partial charge in [-0.05, 0) is 30.3 Å². The largest absolute Gasteiger partial charge is 0.345 e. The molecule has 0 aliphatic carbocycles. The topological polar surface area (TPSA) is 32.3 Å². The van der Waals surface area contributed by atoms with E-state index in [0.717, 1.165) is 53.5 Å². The second kappa shape index (κ2) is 6.55. The molecule has 1 aliphatic heterocycles. The van der Waals surface area contributed by atoms with Crippen molar-refractivity contribution < 1.29 is 0 Å². The first-order chi connectivity index (χ1) is 11.3. The Kier molecular flexibility index (Phi) is 4.29. The van der Waals surface area contributed by atoms with Gasteiger partial charge in [0.1, 0.15) is 0 Å². The molecule has 1 saturated heterocycles. The van der Waals surface area contributed by atoms with E-state index in [0.29, 0.717) is 0 Å². The lowest BCUT2D eigenvalue weighted by Crippen LogP contribution is -2.46. The highest BCUT2D eigenvalue weighted by molar-refractivity contribution is 9.10. The molecule has 6 heteroatoms. The molecule has 1 fully saturated rings. The Morgan fingerprint density at radius 3 is 2.74 bits per heavy atom. The van der Waals surface area contributed by atoms with E-state index in [1.165, 1.54) is 4.70 Å². The van der Waals surface area contributed by atoms with Crippen molar-refractivity contribution in [2.75, 3.05) is 31.1 Å². The molecule has 1 aliphatic rings. The van der Waals surface area contributed by atoms with Gasteiger partial charge in [-0.15, -0.1) is 0 Å². The van der Waals surface area contributed by atoms with Crippen LogP contribution in [0.25, 0.3) is 10.2 Å². The van der Waals surface area contributed by atoms with Crippen molar-refractivity contribution in [3.8, 4) is 0 Å². The minimum absolute atomic E-state index is 0.932. The van der Waals surface area contributed by atoms with Gasteiger partial charge in [-0.25, -0.2) is 4.98 Å². The molecule has 4 nitrogen and oxygen atoms in total. The summed E-state index contributed by atoms with van der Waals surface area (Å²) in [6.07, 6.45) is 1.87. The lowest BCUT2D eigenvalue weighted by atomic mass is 10.3. The first kappa shape index (κ1) is 15.1. The van der Waals surface area contributed by atoms with Crippen LogP contribution in [0.2, 0.25) is 0 Å². The first-order valence-corrected chi connectivity index (χ1v) is 9.32. The number of hydrogen-bond donors (Lipinski definition) is 0. The van der Waals surface area contributed by atoms with E-state index in [9.17, 15) is 0 Å². The standard InChI is InChI=1S/C17H17BrN4S/c18-13-4-5-15-16(11-13)23-17(20-15)22-9-7-21(8-10-22)12-14-3-1-2-6-19-14/h1-6,11H,7-10,12H2. The molecule has 0 spiro atoms. The molecule has 0 saturated carbocycles. The van der Waals surface area contributed by atoms with Gasteiger partial charge in [0.15, 0.2) is 5.13 Å². The molecule has 0 unspecified atom stereocenters. The van der Waals surface area contributed by atoms with Crippen LogP contribution in [-0.4, -0.2) is 41.0 Å². The Bertz CT molecular complexity index is 797. The van der Waals surface area contributed by atoms with Crippen LogP contribution < -0.4 is 4.90 Å². The molecule has 118 valence electrons. The molecule has 0 atom stereocenters. The number of anilines is 1. The number of benzene rings is 1. The zero-order valence-electron chi connectivity index (χ0n) is 12.7. The van der Waals surface area contributed by atoms with Crippen molar-refractivity contribution in [2.24, 2.45) is 0 Å². The van der Waals surface area contributed by atoms with Crippen LogP contribution in [-0.2, 0) is 6.54 Å². The summed E-state index contributed by atoms with van der Waals surface area (Å²) in [6.45, 7) is 5.08. The van der Waals surface area contributed by atoms with E-state index in [2.05, 4.69) is 61.0 Å². The van der Waals surface area contributed by atoms with E-state index in [1.807, 2.05) is 12.3 Å². The van der Waals surface area contributed by atoms with Crippen molar-refractivity contribution in [3.63, 3.8) is 0 Å². The zero-order valence-corrected chi connectivity index (χ0v) is 15.1. The molecule has 0 radical (unpaired) electrons. The lowest BCUT2D eigenvalue weighted by Gasteiger charge is -2.34. The fourth-order valence-corrected chi connectivity index (χ4v) is 4.41. The average molecular weight is 389 g/mol. The van der Waals surface area contributed by atoms with Crippen molar-refractivity contribution in [2.45, 2.75) is 6.54 Å². The summed E-state index contributed by atoms with van der Waals surface area (Å²) in [4.78, 5) is 14.1. The molecular formula is C17H17BrN4S. The number of halogens is 1. The highest BCUT2D eigenvalue weighted by Crippen LogP contribution is 2.31. The molecular weight excluding hydrogens is 372 g/mol. The Morgan fingerprint density at radius 1 is 1.09 bits per heavy atom. The predicted molar refractivity (Wildman–Crippen MR) is 99.0 cm³/mol. The van der Waals surface area contributed by atoms with Crippen molar-refractivity contribution in [1.29, 1.82) is 0 Å². The second-order valence-corrected chi connectivity index (χ2v) is 7.62. The summed E-state index contributed by atoms with van der Waals surface area (Å²) >= 11 is 5.31. The maximum absolute atomic E-state index is 4.78. The van der Waals surface area contributed by atoms with Crippen LogP contribution >= 0.6 is 27.3 Å². The Hall–Kier alpha value is -1.50. The highest BCUT2D eigenvalue weighted by atomic mass is 79.9. The smallest absolute Gasteiger partial charge is 0.186 e. The van der Waals surface area contributed by atoms with Gasteiger partial charge in [0.05, 0.1) is 15.9 Å². The van der Waals surface area contributed by atoms with Gasteiger partial charge in [-0.1, -0.05) is 33.3 Å².